The highest BCUT2D eigenvalue weighted by Gasteiger charge is 2.49. The molecule has 0 saturated heterocycles. The molecule has 1 aromatic heterocycles. The van der Waals surface area contributed by atoms with Crippen LogP contribution >= 0.6 is 0 Å². The Morgan fingerprint density at radius 1 is 1.08 bits per heavy atom. The third-order valence-electron chi connectivity index (χ3n) is 2.57. The average molecular weight is 362 g/mol. The summed E-state index contributed by atoms with van der Waals surface area (Å²) in [7, 11) is -5.93. The first-order valence-electron chi connectivity index (χ1n) is 6.20. The van der Waals surface area contributed by atoms with Gasteiger partial charge in [-0.15, -0.1) is 5.10 Å². The Balaban J connectivity index is 2.41. The Kier molecular flexibility index (Phi) is 4.73. The van der Waals surface area contributed by atoms with Crippen LogP contribution in [0.4, 0.5) is 13.2 Å². The Morgan fingerprint density at radius 2 is 1.79 bits per heavy atom. The van der Waals surface area contributed by atoms with Crippen molar-refractivity contribution in [2.75, 3.05) is 0 Å². The van der Waals surface area contributed by atoms with Crippen LogP contribution in [0.2, 0.25) is 0 Å². The molecule has 7 nitrogen and oxygen atoms in total. The quantitative estimate of drug-likeness (QED) is 0.458. The van der Waals surface area contributed by atoms with E-state index in [9.17, 15) is 26.4 Å². The van der Waals surface area contributed by atoms with Gasteiger partial charge < -0.3 is 8.92 Å². The molecule has 0 fully saturated rings. The Morgan fingerprint density at radius 3 is 2.33 bits per heavy atom. The van der Waals surface area contributed by atoms with E-state index >= 15 is 0 Å². The van der Waals surface area contributed by atoms with Gasteiger partial charge in [0.2, 0.25) is 5.88 Å². The first kappa shape index (κ1) is 17.7. The van der Waals surface area contributed by atoms with Gasteiger partial charge in [-0.1, -0.05) is 0 Å². The van der Waals surface area contributed by atoms with Gasteiger partial charge in [0, 0.05) is 11.6 Å². The van der Waals surface area contributed by atoms with Gasteiger partial charge in [0.1, 0.15) is 6.29 Å². The molecule has 1 heterocycles. The van der Waals surface area contributed by atoms with Crippen molar-refractivity contribution < 1.29 is 35.3 Å². The second kappa shape index (κ2) is 6.43. The number of ether oxygens (including phenoxy) is 1. The van der Waals surface area contributed by atoms with Crippen LogP contribution in [-0.2, 0) is 10.1 Å². The number of aryl methyl sites for hydroxylation is 1. The third-order valence-corrected chi connectivity index (χ3v) is 3.54. The van der Waals surface area contributed by atoms with E-state index in [1.807, 2.05) is 0 Å². The number of hydrogen-bond donors (Lipinski definition) is 0. The lowest BCUT2D eigenvalue weighted by Crippen LogP contribution is -2.28. The summed E-state index contributed by atoms with van der Waals surface area (Å²) in [4.78, 5) is 10.7. The van der Waals surface area contributed by atoms with Crippen LogP contribution < -0.4 is 8.92 Å². The number of aromatic nitrogens is 2. The summed E-state index contributed by atoms with van der Waals surface area (Å²) in [5.41, 5.74) is -5.18. The molecular weight excluding hydrogens is 353 g/mol. The smallest absolute Gasteiger partial charge is 0.434 e. The lowest BCUT2D eigenvalue weighted by molar-refractivity contribution is -0.0500. The zero-order valence-corrected chi connectivity index (χ0v) is 12.8. The van der Waals surface area contributed by atoms with Gasteiger partial charge >= 0.3 is 15.6 Å². The monoisotopic (exact) mass is 362 g/mol. The number of carbonyl (C=O) groups excluding carboxylic acids is 1. The normalized spacial score (nSPS) is 11.8. The first-order chi connectivity index (χ1) is 11.1. The van der Waals surface area contributed by atoms with Crippen molar-refractivity contribution in [3.8, 4) is 17.4 Å². The van der Waals surface area contributed by atoms with E-state index in [0.29, 0.717) is 12.0 Å². The predicted octanol–water partition coefficient (Wildman–Crippen LogP) is 2.62. The second-order valence-corrected chi connectivity index (χ2v) is 5.96. The number of halogens is 3. The molecule has 0 spiro atoms. The molecule has 128 valence electrons. The maximum absolute atomic E-state index is 12.5. The van der Waals surface area contributed by atoms with E-state index in [-0.39, 0.29) is 17.2 Å². The molecule has 0 aliphatic rings. The molecular formula is C13H9F3N2O5S. The number of alkyl halides is 3. The average Bonchev–Trinajstić information content (AvgIpc) is 2.49. The standard InChI is InChI=1S/C13H9F3N2O5S/c1-8-2-5-12(18-17-8)22-10-4-3-9(7-19)6-11(10)23-24(20,21)13(14,15)16/h2-7H,1H3. The molecule has 0 unspecified atom stereocenters. The van der Waals surface area contributed by atoms with Crippen LogP contribution in [-0.4, -0.2) is 30.4 Å². The first-order valence-corrected chi connectivity index (χ1v) is 7.61. The van der Waals surface area contributed by atoms with Gasteiger partial charge in [-0.25, -0.2) is 0 Å². The van der Waals surface area contributed by atoms with E-state index in [4.69, 9.17) is 4.74 Å². The summed E-state index contributed by atoms with van der Waals surface area (Å²) in [5.74, 6) is -1.29. The Hall–Kier alpha value is -2.69. The maximum Gasteiger partial charge on any atom is 0.534 e. The fourth-order valence-corrected chi connectivity index (χ4v) is 1.93. The summed E-state index contributed by atoms with van der Waals surface area (Å²) in [6.07, 6.45) is 0.308. The number of carbonyl (C=O) groups is 1. The van der Waals surface area contributed by atoms with Crippen molar-refractivity contribution in [1.82, 2.24) is 10.2 Å². The minimum atomic E-state index is -5.93. The molecule has 0 N–H and O–H groups in total. The zero-order chi connectivity index (χ0) is 18.0. The summed E-state index contributed by atoms with van der Waals surface area (Å²) >= 11 is 0. The van der Waals surface area contributed by atoms with Crippen molar-refractivity contribution in [2.24, 2.45) is 0 Å². The summed E-state index contributed by atoms with van der Waals surface area (Å²) in [5, 5.41) is 7.32. The van der Waals surface area contributed by atoms with Crippen LogP contribution in [0.5, 0.6) is 17.4 Å². The van der Waals surface area contributed by atoms with Gasteiger partial charge in [0.05, 0.1) is 5.69 Å². The highest BCUT2D eigenvalue weighted by molar-refractivity contribution is 7.88. The summed E-state index contributed by atoms with van der Waals surface area (Å²) < 4.78 is 68.9. The number of rotatable bonds is 5. The van der Waals surface area contributed by atoms with Crippen LogP contribution in [0.25, 0.3) is 0 Å². The lowest BCUT2D eigenvalue weighted by atomic mass is 10.2. The zero-order valence-electron chi connectivity index (χ0n) is 11.9. The maximum atomic E-state index is 12.5. The summed E-state index contributed by atoms with van der Waals surface area (Å²) in [6, 6.07) is 5.98. The molecule has 1 aromatic carbocycles. The largest absolute Gasteiger partial charge is 0.534 e. The van der Waals surface area contributed by atoms with Crippen molar-refractivity contribution in [3.05, 3.63) is 41.6 Å². The lowest BCUT2D eigenvalue weighted by Gasteiger charge is -2.13. The van der Waals surface area contributed by atoms with Gasteiger partial charge in [0.15, 0.2) is 11.5 Å². The molecule has 0 amide bonds. The Labute approximate surface area is 134 Å². The number of hydrogen-bond acceptors (Lipinski definition) is 7. The molecule has 0 aliphatic carbocycles. The fraction of sp³-hybridized carbons (Fsp3) is 0.154. The van der Waals surface area contributed by atoms with Gasteiger partial charge in [0.25, 0.3) is 0 Å². The highest BCUT2D eigenvalue weighted by Crippen LogP contribution is 2.35. The van der Waals surface area contributed by atoms with E-state index < -0.39 is 21.4 Å². The van der Waals surface area contributed by atoms with E-state index in [2.05, 4.69) is 14.4 Å². The van der Waals surface area contributed by atoms with Crippen molar-refractivity contribution in [3.63, 3.8) is 0 Å². The molecule has 2 aromatic rings. The number of nitrogens with zero attached hydrogens (tertiary/aromatic N) is 2. The highest BCUT2D eigenvalue weighted by atomic mass is 32.2. The second-order valence-electron chi connectivity index (χ2n) is 4.42. The summed E-state index contributed by atoms with van der Waals surface area (Å²) in [6.45, 7) is 1.65. The number of aldehydes is 1. The molecule has 0 saturated carbocycles. The fourth-order valence-electron chi connectivity index (χ4n) is 1.47. The van der Waals surface area contributed by atoms with Crippen LogP contribution in [0.15, 0.2) is 30.3 Å². The van der Waals surface area contributed by atoms with E-state index in [1.54, 1.807) is 6.92 Å². The van der Waals surface area contributed by atoms with Crippen molar-refractivity contribution >= 4 is 16.4 Å². The van der Waals surface area contributed by atoms with Crippen molar-refractivity contribution in [2.45, 2.75) is 12.4 Å². The van der Waals surface area contributed by atoms with Crippen molar-refractivity contribution in [1.29, 1.82) is 0 Å². The number of benzene rings is 1. The van der Waals surface area contributed by atoms with E-state index in [1.165, 1.54) is 18.2 Å². The topological polar surface area (TPSA) is 95.5 Å². The van der Waals surface area contributed by atoms with Gasteiger partial charge in [-0.05, 0) is 31.2 Å². The Bertz CT molecular complexity index is 851. The minimum absolute atomic E-state index is 0.103. The molecule has 11 heteroatoms. The molecule has 0 bridgehead atoms. The molecule has 0 radical (unpaired) electrons. The molecule has 0 atom stereocenters. The van der Waals surface area contributed by atoms with Gasteiger partial charge in [-0.2, -0.15) is 26.7 Å². The minimum Gasteiger partial charge on any atom is -0.434 e. The molecule has 2 rings (SSSR count). The van der Waals surface area contributed by atoms with Crippen LogP contribution in [0.3, 0.4) is 0 Å². The predicted molar refractivity (Wildman–Crippen MR) is 74.3 cm³/mol. The van der Waals surface area contributed by atoms with Gasteiger partial charge in [-0.3, -0.25) is 4.79 Å². The molecule has 24 heavy (non-hydrogen) atoms. The van der Waals surface area contributed by atoms with E-state index in [0.717, 1.165) is 12.1 Å². The SMILES string of the molecule is Cc1ccc(Oc2ccc(C=O)cc2OS(=O)(=O)C(F)(F)F)nn1. The van der Waals surface area contributed by atoms with Crippen LogP contribution in [0.1, 0.15) is 16.1 Å². The van der Waals surface area contributed by atoms with Crippen LogP contribution in [0, 0.1) is 6.92 Å². The molecule has 0 aliphatic heterocycles. The third kappa shape index (κ3) is 3.98.